The van der Waals surface area contributed by atoms with Gasteiger partial charge >= 0.3 is 0 Å². The molecule has 0 spiro atoms. The number of benzene rings is 1. The van der Waals surface area contributed by atoms with E-state index in [2.05, 4.69) is 30.9 Å². The van der Waals surface area contributed by atoms with Crippen molar-refractivity contribution in [3.63, 3.8) is 0 Å². The summed E-state index contributed by atoms with van der Waals surface area (Å²) >= 11 is 0. The van der Waals surface area contributed by atoms with Crippen LogP contribution in [0.1, 0.15) is 25.8 Å². The maximum Gasteiger partial charge on any atom is 0.191 e. The molecule has 2 aliphatic rings. The van der Waals surface area contributed by atoms with Gasteiger partial charge in [-0.1, -0.05) is 44.2 Å². The molecule has 126 valence electrons. The zero-order chi connectivity index (χ0) is 16.3. The highest BCUT2D eigenvalue weighted by atomic mass is 16.5. The van der Waals surface area contributed by atoms with Gasteiger partial charge in [-0.15, -0.1) is 0 Å². The Morgan fingerprint density at radius 3 is 2.65 bits per heavy atom. The Morgan fingerprint density at radius 2 is 2.00 bits per heavy atom. The minimum Gasteiger partial charge on any atom is -0.378 e. The van der Waals surface area contributed by atoms with Crippen molar-refractivity contribution in [3.05, 3.63) is 35.9 Å². The molecule has 0 radical (unpaired) electrons. The molecule has 1 saturated heterocycles. The van der Waals surface area contributed by atoms with Crippen LogP contribution in [-0.4, -0.2) is 49.3 Å². The van der Waals surface area contributed by atoms with E-state index in [9.17, 15) is 0 Å². The van der Waals surface area contributed by atoms with Crippen molar-refractivity contribution in [2.75, 3.05) is 26.3 Å². The van der Waals surface area contributed by atoms with Gasteiger partial charge in [0.2, 0.25) is 0 Å². The summed E-state index contributed by atoms with van der Waals surface area (Å²) in [6, 6.07) is 10.5. The van der Waals surface area contributed by atoms with Crippen molar-refractivity contribution in [2.24, 2.45) is 16.1 Å². The second-order valence-corrected chi connectivity index (χ2v) is 6.94. The standard InChI is InChI=1S/C18H27N3O2/c1-18(2)15(20-17(19)21-8-10-22-11-9-21)12-16(18)23-13-14-6-4-3-5-7-14/h3-7,15-16H,8-13H2,1-2H3,(H2,19,20). The fourth-order valence-corrected chi connectivity index (χ4v) is 3.17. The predicted molar refractivity (Wildman–Crippen MR) is 91.2 cm³/mol. The molecule has 1 aromatic carbocycles. The van der Waals surface area contributed by atoms with Gasteiger partial charge in [-0.3, -0.25) is 0 Å². The van der Waals surface area contributed by atoms with Gasteiger partial charge in [-0.05, 0) is 12.0 Å². The van der Waals surface area contributed by atoms with Crippen molar-refractivity contribution in [1.29, 1.82) is 0 Å². The van der Waals surface area contributed by atoms with E-state index in [1.54, 1.807) is 0 Å². The maximum atomic E-state index is 6.17. The molecule has 0 amide bonds. The monoisotopic (exact) mass is 317 g/mol. The fourth-order valence-electron chi connectivity index (χ4n) is 3.17. The number of nitrogens with zero attached hydrogens (tertiary/aromatic N) is 2. The van der Waals surface area contributed by atoms with E-state index < -0.39 is 0 Å². The number of hydrogen-bond acceptors (Lipinski definition) is 3. The summed E-state index contributed by atoms with van der Waals surface area (Å²) in [6.07, 6.45) is 1.17. The third-order valence-corrected chi connectivity index (χ3v) is 5.04. The molecule has 0 bridgehead atoms. The molecule has 2 atom stereocenters. The van der Waals surface area contributed by atoms with Gasteiger partial charge in [0.25, 0.3) is 0 Å². The second-order valence-electron chi connectivity index (χ2n) is 6.94. The van der Waals surface area contributed by atoms with Crippen molar-refractivity contribution < 1.29 is 9.47 Å². The first-order chi connectivity index (χ1) is 11.1. The van der Waals surface area contributed by atoms with Crippen LogP contribution in [-0.2, 0) is 16.1 Å². The minimum absolute atomic E-state index is 0.0195. The molecular weight excluding hydrogens is 290 g/mol. The summed E-state index contributed by atoms with van der Waals surface area (Å²) in [5.74, 6) is 0.646. The molecule has 2 N–H and O–H groups in total. The molecule has 2 fully saturated rings. The first-order valence-corrected chi connectivity index (χ1v) is 8.39. The largest absolute Gasteiger partial charge is 0.378 e. The van der Waals surface area contributed by atoms with Gasteiger partial charge < -0.3 is 20.1 Å². The second kappa shape index (κ2) is 6.89. The molecule has 5 heteroatoms. The van der Waals surface area contributed by atoms with Gasteiger partial charge in [0.15, 0.2) is 5.96 Å². The Bertz CT molecular complexity index is 538. The average molecular weight is 317 g/mol. The number of aliphatic imine (C=N–C) groups is 1. The van der Waals surface area contributed by atoms with E-state index in [1.165, 1.54) is 5.56 Å². The van der Waals surface area contributed by atoms with Crippen LogP contribution in [0.2, 0.25) is 0 Å². The lowest BCUT2D eigenvalue weighted by Crippen LogP contribution is -2.55. The van der Waals surface area contributed by atoms with E-state index >= 15 is 0 Å². The third kappa shape index (κ3) is 3.67. The number of ether oxygens (including phenoxy) is 2. The van der Waals surface area contributed by atoms with Crippen LogP contribution in [0.3, 0.4) is 0 Å². The van der Waals surface area contributed by atoms with Crippen molar-refractivity contribution in [1.82, 2.24) is 4.90 Å². The van der Waals surface area contributed by atoms with Crippen LogP contribution in [0.15, 0.2) is 35.3 Å². The lowest BCUT2D eigenvalue weighted by atomic mass is 9.65. The highest BCUT2D eigenvalue weighted by molar-refractivity contribution is 5.78. The van der Waals surface area contributed by atoms with E-state index in [0.29, 0.717) is 12.6 Å². The summed E-state index contributed by atoms with van der Waals surface area (Å²) in [4.78, 5) is 6.86. The summed E-state index contributed by atoms with van der Waals surface area (Å²) in [5, 5.41) is 0. The maximum absolute atomic E-state index is 6.17. The summed E-state index contributed by atoms with van der Waals surface area (Å²) in [5.41, 5.74) is 7.40. The van der Waals surface area contributed by atoms with Gasteiger partial charge in [-0.2, -0.15) is 0 Å². The van der Waals surface area contributed by atoms with Crippen LogP contribution in [0.5, 0.6) is 0 Å². The van der Waals surface area contributed by atoms with E-state index in [-0.39, 0.29) is 17.6 Å². The summed E-state index contributed by atoms with van der Waals surface area (Å²) in [6.45, 7) is 8.21. The van der Waals surface area contributed by atoms with Gasteiger partial charge in [0.05, 0.1) is 32.0 Å². The minimum atomic E-state index is 0.0195. The molecule has 1 aliphatic heterocycles. The molecule has 0 aromatic heterocycles. The molecule has 1 heterocycles. The number of nitrogens with two attached hydrogens (primary N) is 1. The lowest BCUT2D eigenvalue weighted by molar-refractivity contribution is -0.114. The first kappa shape index (κ1) is 16.3. The highest BCUT2D eigenvalue weighted by Gasteiger charge is 2.49. The molecule has 2 unspecified atom stereocenters. The van der Waals surface area contributed by atoms with Crippen LogP contribution in [0.4, 0.5) is 0 Å². The normalized spacial score (nSPS) is 27.6. The topological polar surface area (TPSA) is 60.1 Å². The number of hydrogen-bond donors (Lipinski definition) is 1. The summed E-state index contributed by atoms with van der Waals surface area (Å²) in [7, 11) is 0. The Hall–Kier alpha value is -1.59. The molecule has 5 nitrogen and oxygen atoms in total. The third-order valence-electron chi connectivity index (χ3n) is 5.04. The Balaban J connectivity index is 1.53. The molecular formula is C18H27N3O2. The van der Waals surface area contributed by atoms with Gasteiger partial charge in [-0.25, -0.2) is 4.99 Å². The zero-order valence-corrected chi connectivity index (χ0v) is 14.1. The van der Waals surface area contributed by atoms with Crippen molar-refractivity contribution in [2.45, 2.75) is 39.0 Å². The molecule has 3 rings (SSSR count). The Kier molecular flexibility index (Phi) is 4.87. The molecule has 1 aliphatic carbocycles. The van der Waals surface area contributed by atoms with Crippen molar-refractivity contribution in [3.8, 4) is 0 Å². The fraction of sp³-hybridized carbons (Fsp3) is 0.611. The van der Waals surface area contributed by atoms with Crippen LogP contribution < -0.4 is 5.73 Å². The first-order valence-electron chi connectivity index (χ1n) is 8.39. The Labute approximate surface area is 138 Å². The highest BCUT2D eigenvalue weighted by Crippen LogP contribution is 2.45. The van der Waals surface area contributed by atoms with Crippen molar-refractivity contribution >= 4 is 5.96 Å². The number of rotatable bonds is 4. The molecule has 23 heavy (non-hydrogen) atoms. The molecule has 1 saturated carbocycles. The van der Waals surface area contributed by atoms with E-state index in [4.69, 9.17) is 20.2 Å². The SMILES string of the molecule is CC1(C)C(N=C(N)N2CCOCC2)CC1OCc1ccccc1. The van der Waals surface area contributed by atoms with Gasteiger partial charge in [0.1, 0.15) is 0 Å². The predicted octanol–water partition coefficient (Wildman–Crippen LogP) is 2.02. The van der Waals surface area contributed by atoms with Crippen LogP contribution >= 0.6 is 0 Å². The Morgan fingerprint density at radius 1 is 1.30 bits per heavy atom. The van der Waals surface area contributed by atoms with Crippen LogP contribution in [0.25, 0.3) is 0 Å². The summed E-state index contributed by atoms with van der Waals surface area (Å²) < 4.78 is 11.4. The smallest absolute Gasteiger partial charge is 0.191 e. The zero-order valence-electron chi connectivity index (χ0n) is 14.1. The van der Waals surface area contributed by atoms with E-state index in [0.717, 1.165) is 32.7 Å². The quantitative estimate of drug-likeness (QED) is 0.682. The average Bonchev–Trinajstić information content (AvgIpc) is 2.59. The lowest BCUT2D eigenvalue weighted by Gasteiger charge is -2.49. The van der Waals surface area contributed by atoms with Gasteiger partial charge in [0, 0.05) is 18.5 Å². The van der Waals surface area contributed by atoms with E-state index in [1.807, 2.05) is 18.2 Å². The molecule has 1 aromatic rings. The van der Waals surface area contributed by atoms with Crippen LogP contribution in [0, 0.1) is 5.41 Å². The number of morpholine rings is 1. The number of guanidine groups is 1.